The topological polar surface area (TPSA) is 38.4 Å². The van der Waals surface area contributed by atoms with E-state index in [0.717, 1.165) is 18.3 Å². The van der Waals surface area contributed by atoms with Crippen LogP contribution in [0, 0.1) is 22.7 Å². The average Bonchev–Trinajstić information content (AvgIpc) is 2.83. The molecule has 3 aliphatic carbocycles. The van der Waals surface area contributed by atoms with Crippen LogP contribution in [0.4, 0.5) is 0 Å². The van der Waals surface area contributed by atoms with Crippen LogP contribution in [0.3, 0.4) is 0 Å². The number of nitrogens with two attached hydrogens (primary N) is 1. The maximum absolute atomic E-state index is 5.65. The first-order valence-corrected chi connectivity index (χ1v) is 8.97. The summed E-state index contributed by atoms with van der Waals surface area (Å²) in [4.78, 5) is 0. The molecule has 21 heavy (non-hydrogen) atoms. The SMILES string of the molecule is CC=C1CCCCC1(C)C1CCC2(C)C(=NN)CCC2C1. The third-order valence-electron chi connectivity index (χ3n) is 7.40. The molecule has 0 aliphatic heterocycles. The van der Waals surface area contributed by atoms with Gasteiger partial charge in [-0.3, -0.25) is 0 Å². The highest BCUT2D eigenvalue weighted by Gasteiger charge is 2.51. The Labute approximate surface area is 130 Å². The normalized spacial score (nSPS) is 47.8. The first-order valence-electron chi connectivity index (χ1n) is 8.97. The van der Waals surface area contributed by atoms with E-state index in [4.69, 9.17) is 5.84 Å². The van der Waals surface area contributed by atoms with Crippen molar-refractivity contribution in [3.63, 3.8) is 0 Å². The van der Waals surface area contributed by atoms with Crippen LogP contribution in [0.2, 0.25) is 0 Å². The van der Waals surface area contributed by atoms with Gasteiger partial charge in [0.25, 0.3) is 0 Å². The molecule has 2 heteroatoms. The van der Waals surface area contributed by atoms with Crippen LogP contribution in [0.25, 0.3) is 0 Å². The number of hydrogen-bond donors (Lipinski definition) is 1. The molecular weight excluding hydrogens is 256 g/mol. The first-order chi connectivity index (χ1) is 10.0. The summed E-state index contributed by atoms with van der Waals surface area (Å²) in [5.74, 6) is 7.34. The maximum Gasteiger partial charge on any atom is 0.0437 e. The van der Waals surface area contributed by atoms with Crippen molar-refractivity contribution in [1.82, 2.24) is 0 Å². The largest absolute Gasteiger partial charge is 0.323 e. The Hall–Kier alpha value is -0.790. The maximum atomic E-state index is 5.65. The van der Waals surface area contributed by atoms with E-state index in [1.165, 1.54) is 57.1 Å². The molecule has 3 rings (SSSR count). The molecule has 0 saturated heterocycles. The lowest BCUT2D eigenvalue weighted by Gasteiger charge is -2.50. The zero-order valence-corrected chi connectivity index (χ0v) is 14.1. The molecule has 3 saturated carbocycles. The minimum atomic E-state index is 0.312. The van der Waals surface area contributed by atoms with Crippen LogP contribution in [-0.2, 0) is 0 Å². The van der Waals surface area contributed by atoms with Gasteiger partial charge < -0.3 is 5.84 Å². The van der Waals surface area contributed by atoms with Crippen LogP contribution in [0.5, 0.6) is 0 Å². The van der Waals surface area contributed by atoms with E-state index in [0.29, 0.717) is 10.8 Å². The fraction of sp³-hybridized carbons (Fsp3) is 0.842. The molecule has 2 N–H and O–H groups in total. The van der Waals surface area contributed by atoms with E-state index in [1.807, 2.05) is 0 Å². The van der Waals surface area contributed by atoms with Crippen molar-refractivity contribution in [2.45, 2.75) is 78.6 Å². The Kier molecular flexibility index (Phi) is 3.92. The van der Waals surface area contributed by atoms with Gasteiger partial charge in [0.05, 0.1) is 0 Å². The molecule has 0 aromatic heterocycles. The predicted molar refractivity (Wildman–Crippen MR) is 90.1 cm³/mol. The second-order valence-electron chi connectivity index (χ2n) is 8.14. The minimum absolute atomic E-state index is 0.312. The molecular formula is C19H32N2. The van der Waals surface area contributed by atoms with Gasteiger partial charge in [0.2, 0.25) is 0 Å². The summed E-state index contributed by atoms with van der Waals surface area (Å²) >= 11 is 0. The number of hydrogen-bond acceptors (Lipinski definition) is 2. The van der Waals surface area contributed by atoms with Gasteiger partial charge in [-0.05, 0) is 75.5 Å². The van der Waals surface area contributed by atoms with E-state index in [1.54, 1.807) is 5.57 Å². The van der Waals surface area contributed by atoms with Crippen molar-refractivity contribution < 1.29 is 0 Å². The Morgan fingerprint density at radius 1 is 1.05 bits per heavy atom. The van der Waals surface area contributed by atoms with Crippen LogP contribution in [0.15, 0.2) is 16.8 Å². The summed E-state index contributed by atoms with van der Waals surface area (Å²) in [5.41, 5.74) is 3.82. The van der Waals surface area contributed by atoms with Crippen LogP contribution >= 0.6 is 0 Å². The summed E-state index contributed by atoms with van der Waals surface area (Å²) in [7, 11) is 0. The van der Waals surface area contributed by atoms with Crippen molar-refractivity contribution in [1.29, 1.82) is 0 Å². The highest BCUT2D eigenvalue weighted by Crippen LogP contribution is 2.58. The lowest BCUT2D eigenvalue weighted by molar-refractivity contribution is 0.0695. The van der Waals surface area contributed by atoms with E-state index in [2.05, 4.69) is 31.9 Å². The van der Waals surface area contributed by atoms with Crippen molar-refractivity contribution in [3.8, 4) is 0 Å². The summed E-state index contributed by atoms with van der Waals surface area (Å²) in [6.45, 7) is 7.23. The zero-order chi connectivity index (χ0) is 15.1. The average molecular weight is 288 g/mol. The summed E-state index contributed by atoms with van der Waals surface area (Å²) < 4.78 is 0. The first kappa shape index (κ1) is 15.1. The van der Waals surface area contributed by atoms with E-state index < -0.39 is 0 Å². The van der Waals surface area contributed by atoms with Gasteiger partial charge in [-0.15, -0.1) is 0 Å². The molecule has 0 aromatic rings. The number of hydrazone groups is 1. The van der Waals surface area contributed by atoms with Gasteiger partial charge in [0, 0.05) is 11.1 Å². The fourth-order valence-corrected chi connectivity index (χ4v) is 5.80. The Bertz CT molecular complexity index is 464. The van der Waals surface area contributed by atoms with Crippen molar-refractivity contribution in [2.75, 3.05) is 0 Å². The molecule has 0 bridgehead atoms. The van der Waals surface area contributed by atoms with Crippen molar-refractivity contribution in [3.05, 3.63) is 11.6 Å². The van der Waals surface area contributed by atoms with E-state index in [9.17, 15) is 0 Å². The van der Waals surface area contributed by atoms with Gasteiger partial charge in [0.15, 0.2) is 0 Å². The molecule has 0 aromatic carbocycles. The summed E-state index contributed by atoms with van der Waals surface area (Å²) in [5, 5.41) is 4.13. The van der Waals surface area contributed by atoms with Gasteiger partial charge in [-0.25, -0.2) is 0 Å². The predicted octanol–water partition coefficient (Wildman–Crippen LogP) is 5.04. The highest BCUT2D eigenvalue weighted by atomic mass is 15.1. The van der Waals surface area contributed by atoms with Gasteiger partial charge in [-0.2, -0.15) is 5.10 Å². The van der Waals surface area contributed by atoms with Crippen LogP contribution in [0.1, 0.15) is 78.6 Å². The Morgan fingerprint density at radius 2 is 1.81 bits per heavy atom. The smallest absolute Gasteiger partial charge is 0.0437 e. The van der Waals surface area contributed by atoms with Gasteiger partial charge in [0.1, 0.15) is 0 Å². The molecule has 0 radical (unpaired) electrons. The lowest BCUT2D eigenvalue weighted by Crippen LogP contribution is -2.42. The van der Waals surface area contributed by atoms with Crippen molar-refractivity contribution >= 4 is 5.71 Å². The quantitative estimate of drug-likeness (QED) is 0.409. The molecule has 4 atom stereocenters. The Morgan fingerprint density at radius 3 is 2.52 bits per heavy atom. The summed E-state index contributed by atoms with van der Waals surface area (Å²) in [6, 6.07) is 0. The van der Waals surface area contributed by atoms with Crippen LogP contribution < -0.4 is 5.84 Å². The lowest BCUT2D eigenvalue weighted by atomic mass is 9.55. The summed E-state index contributed by atoms with van der Waals surface area (Å²) in [6.07, 6.45) is 14.5. The number of fused-ring (bicyclic) bond motifs is 1. The second-order valence-corrected chi connectivity index (χ2v) is 8.14. The number of allylic oxidation sites excluding steroid dienone is 2. The third kappa shape index (κ3) is 2.26. The molecule has 118 valence electrons. The van der Waals surface area contributed by atoms with E-state index in [-0.39, 0.29) is 0 Å². The number of rotatable bonds is 1. The molecule has 3 aliphatic rings. The highest BCUT2D eigenvalue weighted by molar-refractivity contribution is 5.92. The molecule has 2 nitrogen and oxygen atoms in total. The molecule has 0 amide bonds. The van der Waals surface area contributed by atoms with Crippen molar-refractivity contribution in [2.24, 2.45) is 33.6 Å². The Balaban J connectivity index is 1.81. The molecule has 3 fully saturated rings. The fourth-order valence-electron chi connectivity index (χ4n) is 5.80. The molecule has 0 spiro atoms. The number of nitrogens with zero attached hydrogens (tertiary/aromatic N) is 1. The van der Waals surface area contributed by atoms with E-state index >= 15 is 0 Å². The second kappa shape index (κ2) is 5.44. The molecule has 4 unspecified atom stereocenters. The third-order valence-corrected chi connectivity index (χ3v) is 7.40. The zero-order valence-electron chi connectivity index (χ0n) is 14.1. The molecule has 0 heterocycles. The van der Waals surface area contributed by atoms with Gasteiger partial charge in [-0.1, -0.05) is 31.9 Å². The van der Waals surface area contributed by atoms with Gasteiger partial charge >= 0.3 is 0 Å². The minimum Gasteiger partial charge on any atom is -0.323 e. The standard InChI is InChI=1S/C19H32N2/c1-4-14-7-5-6-11-18(14,2)16-10-12-19(3)15(13-16)8-9-17(19)21-20/h4,15-16H,5-13,20H2,1-3H3. The van der Waals surface area contributed by atoms with Crippen LogP contribution in [-0.4, -0.2) is 5.71 Å². The monoisotopic (exact) mass is 288 g/mol.